The molecule has 9 heteroatoms. The Bertz CT molecular complexity index is 1240. The standard InChI is InChI=1S/C28H32N6O3/c1-19-5-3-4-6-24(19)25-11-12-26(33-32-25)34-17-13-22(14-18-34)28(37)30-16-15-29-27(36)21-7-9-23(10-8-21)31-20(2)35/h3-12,22H,13-18H2,1-2H3,(H,29,36)(H,30,37)(H,31,35). The second-order valence-corrected chi connectivity index (χ2v) is 9.16. The lowest BCUT2D eigenvalue weighted by atomic mass is 9.96. The van der Waals surface area contributed by atoms with E-state index in [0.29, 0.717) is 24.3 Å². The van der Waals surface area contributed by atoms with Crippen molar-refractivity contribution in [2.75, 3.05) is 36.4 Å². The summed E-state index contributed by atoms with van der Waals surface area (Å²) in [7, 11) is 0. The molecule has 3 amide bonds. The number of carbonyl (C=O) groups is 3. The van der Waals surface area contributed by atoms with Crippen LogP contribution in [0.3, 0.4) is 0 Å². The molecule has 1 aliphatic heterocycles. The first kappa shape index (κ1) is 25.8. The van der Waals surface area contributed by atoms with Crippen LogP contribution in [0.25, 0.3) is 11.3 Å². The van der Waals surface area contributed by atoms with Gasteiger partial charge in [0.2, 0.25) is 11.8 Å². The Labute approximate surface area is 216 Å². The van der Waals surface area contributed by atoms with Crippen LogP contribution in [0.1, 0.15) is 35.7 Å². The van der Waals surface area contributed by atoms with Crippen LogP contribution >= 0.6 is 0 Å². The number of hydrogen-bond acceptors (Lipinski definition) is 6. The summed E-state index contributed by atoms with van der Waals surface area (Å²) in [5, 5.41) is 17.2. The minimum absolute atomic E-state index is 0.00884. The number of carbonyl (C=O) groups excluding carboxylic acids is 3. The Hall–Kier alpha value is -4.27. The average molecular weight is 501 g/mol. The van der Waals surface area contributed by atoms with Crippen molar-refractivity contribution in [3.05, 3.63) is 71.8 Å². The maximum absolute atomic E-state index is 12.6. The summed E-state index contributed by atoms with van der Waals surface area (Å²) in [6.07, 6.45) is 1.47. The Morgan fingerprint density at radius 2 is 1.59 bits per heavy atom. The second kappa shape index (κ2) is 12.1. The molecule has 37 heavy (non-hydrogen) atoms. The highest BCUT2D eigenvalue weighted by Crippen LogP contribution is 2.25. The second-order valence-electron chi connectivity index (χ2n) is 9.16. The summed E-state index contributed by atoms with van der Waals surface area (Å²) in [6, 6.07) is 18.7. The number of anilines is 2. The van der Waals surface area contributed by atoms with Crippen LogP contribution in [0.4, 0.5) is 11.5 Å². The number of piperidine rings is 1. The summed E-state index contributed by atoms with van der Waals surface area (Å²) in [5.74, 6) is 0.373. The normalized spacial score (nSPS) is 13.6. The summed E-state index contributed by atoms with van der Waals surface area (Å²) in [6.45, 7) is 5.66. The van der Waals surface area contributed by atoms with Crippen LogP contribution in [0.2, 0.25) is 0 Å². The fraction of sp³-hybridized carbons (Fsp3) is 0.321. The molecule has 0 radical (unpaired) electrons. The predicted molar refractivity (Wildman–Crippen MR) is 143 cm³/mol. The van der Waals surface area contributed by atoms with Gasteiger partial charge in [0, 0.05) is 55.8 Å². The van der Waals surface area contributed by atoms with Crippen molar-refractivity contribution >= 4 is 29.2 Å². The summed E-state index contributed by atoms with van der Waals surface area (Å²) >= 11 is 0. The molecule has 0 aliphatic carbocycles. The van der Waals surface area contributed by atoms with Gasteiger partial charge in [-0.05, 0) is 61.7 Å². The van der Waals surface area contributed by atoms with Crippen LogP contribution in [-0.2, 0) is 9.59 Å². The van der Waals surface area contributed by atoms with Gasteiger partial charge in [0.05, 0.1) is 5.69 Å². The highest BCUT2D eigenvalue weighted by atomic mass is 16.2. The molecule has 1 saturated heterocycles. The molecule has 0 spiro atoms. The molecule has 0 saturated carbocycles. The van der Waals surface area contributed by atoms with Crippen molar-refractivity contribution in [1.29, 1.82) is 0 Å². The van der Waals surface area contributed by atoms with Crippen molar-refractivity contribution in [1.82, 2.24) is 20.8 Å². The first-order valence-electron chi connectivity index (χ1n) is 12.5. The number of nitrogens with zero attached hydrogens (tertiary/aromatic N) is 3. The monoisotopic (exact) mass is 500 g/mol. The van der Waals surface area contributed by atoms with E-state index >= 15 is 0 Å². The molecule has 3 aromatic rings. The summed E-state index contributed by atoms with van der Waals surface area (Å²) < 4.78 is 0. The number of aryl methyl sites for hydroxylation is 1. The van der Waals surface area contributed by atoms with E-state index in [0.717, 1.165) is 48.6 Å². The lowest BCUT2D eigenvalue weighted by Gasteiger charge is -2.31. The number of aromatic nitrogens is 2. The van der Waals surface area contributed by atoms with Gasteiger partial charge in [-0.25, -0.2) is 0 Å². The van der Waals surface area contributed by atoms with Gasteiger partial charge < -0.3 is 20.9 Å². The molecule has 3 N–H and O–H groups in total. The fourth-order valence-electron chi connectivity index (χ4n) is 4.38. The Balaban J connectivity index is 1.17. The zero-order chi connectivity index (χ0) is 26.2. The average Bonchev–Trinajstić information content (AvgIpc) is 2.91. The van der Waals surface area contributed by atoms with E-state index in [2.05, 4.69) is 44.0 Å². The zero-order valence-corrected chi connectivity index (χ0v) is 21.2. The number of rotatable bonds is 8. The Kier molecular flexibility index (Phi) is 8.45. The van der Waals surface area contributed by atoms with Gasteiger partial charge in [0.15, 0.2) is 5.82 Å². The van der Waals surface area contributed by atoms with E-state index in [4.69, 9.17) is 0 Å². The maximum atomic E-state index is 12.6. The van der Waals surface area contributed by atoms with Crippen LogP contribution in [0.5, 0.6) is 0 Å². The smallest absolute Gasteiger partial charge is 0.251 e. The first-order chi connectivity index (χ1) is 17.9. The van der Waals surface area contributed by atoms with E-state index in [-0.39, 0.29) is 23.6 Å². The molecule has 0 unspecified atom stereocenters. The highest BCUT2D eigenvalue weighted by Gasteiger charge is 2.25. The van der Waals surface area contributed by atoms with Gasteiger partial charge in [-0.2, -0.15) is 0 Å². The van der Waals surface area contributed by atoms with E-state index in [1.807, 2.05) is 30.3 Å². The SMILES string of the molecule is CC(=O)Nc1ccc(C(=O)NCCNC(=O)C2CCN(c3ccc(-c4ccccc4C)nn3)CC2)cc1. The lowest BCUT2D eigenvalue weighted by molar-refractivity contribution is -0.125. The molecular formula is C28H32N6O3. The number of hydrogen-bond donors (Lipinski definition) is 3. The molecular weight excluding hydrogens is 468 g/mol. The van der Waals surface area contributed by atoms with Gasteiger partial charge in [-0.3, -0.25) is 14.4 Å². The minimum Gasteiger partial charge on any atom is -0.355 e. The minimum atomic E-state index is -0.230. The quantitative estimate of drug-likeness (QED) is 0.409. The van der Waals surface area contributed by atoms with Crippen molar-refractivity contribution in [2.24, 2.45) is 5.92 Å². The third-order valence-corrected chi connectivity index (χ3v) is 6.44. The lowest BCUT2D eigenvalue weighted by Crippen LogP contribution is -2.42. The molecule has 2 aromatic carbocycles. The van der Waals surface area contributed by atoms with E-state index in [9.17, 15) is 14.4 Å². The van der Waals surface area contributed by atoms with E-state index in [1.54, 1.807) is 24.3 Å². The molecule has 2 heterocycles. The van der Waals surface area contributed by atoms with Crippen LogP contribution in [-0.4, -0.2) is 54.1 Å². The Morgan fingerprint density at radius 3 is 2.24 bits per heavy atom. The molecule has 9 nitrogen and oxygen atoms in total. The van der Waals surface area contributed by atoms with Crippen LogP contribution in [0.15, 0.2) is 60.7 Å². The predicted octanol–water partition coefficient (Wildman–Crippen LogP) is 3.17. The van der Waals surface area contributed by atoms with Crippen molar-refractivity contribution in [3.63, 3.8) is 0 Å². The largest absolute Gasteiger partial charge is 0.355 e. The summed E-state index contributed by atoms with van der Waals surface area (Å²) in [5.41, 5.74) is 4.21. The third-order valence-electron chi connectivity index (χ3n) is 6.44. The number of benzene rings is 2. The van der Waals surface area contributed by atoms with Gasteiger partial charge >= 0.3 is 0 Å². The molecule has 1 fully saturated rings. The van der Waals surface area contributed by atoms with E-state index < -0.39 is 0 Å². The molecule has 4 rings (SSSR count). The Morgan fingerprint density at radius 1 is 0.892 bits per heavy atom. The highest BCUT2D eigenvalue weighted by molar-refractivity contribution is 5.95. The van der Waals surface area contributed by atoms with Crippen molar-refractivity contribution in [3.8, 4) is 11.3 Å². The topological polar surface area (TPSA) is 116 Å². The van der Waals surface area contributed by atoms with Crippen molar-refractivity contribution in [2.45, 2.75) is 26.7 Å². The summed E-state index contributed by atoms with van der Waals surface area (Å²) in [4.78, 5) is 38.1. The van der Waals surface area contributed by atoms with Gasteiger partial charge in [0.25, 0.3) is 5.91 Å². The number of amides is 3. The molecule has 1 aliphatic rings. The third kappa shape index (κ3) is 6.91. The molecule has 192 valence electrons. The van der Waals surface area contributed by atoms with Crippen LogP contribution < -0.4 is 20.9 Å². The van der Waals surface area contributed by atoms with Gasteiger partial charge in [0.1, 0.15) is 0 Å². The van der Waals surface area contributed by atoms with Crippen LogP contribution in [0, 0.1) is 12.8 Å². The number of nitrogens with one attached hydrogen (secondary N) is 3. The first-order valence-corrected chi connectivity index (χ1v) is 12.5. The van der Waals surface area contributed by atoms with Gasteiger partial charge in [-0.1, -0.05) is 24.3 Å². The van der Waals surface area contributed by atoms with Crippen molar-refractivity contribution < 1.29 is 14.4 Å². The molecule has 1 aromatic heterocycles. The zero-order valence-electron chi connectivity index (χ0n) is 21.2. The fourth-order valence-corrected chi connectivity index (χ4v) is 4.38. The molecule has 0 atom stereocenters. The van der Waals surface area contributed by atoms with E-state index in [1.165, 1.54) is 6.92 Å². The maximum Gasteiger partial charge on any atom is 0.251 e. The van der Waals surface area contributed by atoms with Gasteiger partial charge in [-0.15, -0.1) is 10.2 Å². The molecule has 0 bridgehead atoms.